The number of amides is 2. The number of hydrogen-bond acceptors (Lipinski definition) is 3. The van der Waals surface area contributed by atoms with E-state index in [2.05, 4.69) is 24.1 Å². The molecule has 124 valence electrons. The quantitative estimate of drug-likeness (QED) is 0.927. The highest BCUT2D eigenvalue weighted by molar-refractivity contribution is 6.01. The molecule has 0 radical (unpaired) electrons. The van der Waals surface area contributed by atoms with E-state index >= 15 is 0 Å². The van der Waals surface area contributed by atoms with E-state index in [1.807, 2.05) is 29.2 Å². The third-order valence-electron chi connectivity index (χ3n) is 4.61. The van der Waals surface area contributed by atoms with Crippen LogP contribution in [0.15, 0.2) is 24.3 Å². The van der Waals surface area contributed by atoms with Crippen LogP contribution in [0.25, 0.3) is 0 Å². The van der Waals surface area contributed by atoms with Crippen LogP contribution in [0.3, 0.4) is 0 Å². The van der Waals surface area contributed by atoms with Crippen molar-refractivity contribution in [3.05, 3.63) is 29.8 Å². The van der Waals surface area contributed by atoms with Gasteiger partial charge in [0.05, 0.1) is 5.92 Å². The first kappa shape index (κ1) is 16.0. The number of fused-ring (bicyclic) bond motifs is 1. The Kier molecular flexibility index (Phi) is 4.66. The van der Waals surface area contributed by atoms with E-state index in [0.717, 1.165) is 44.0 Å². The van der Waals surface area contributed by atoms with Crippen molar-refractivity contribution >= 4 is 17.5 Å². The zero-order valence-electron chi connectivity index (χ0n) is 13.9. The minimum Gasteiger partial charge on any atom is -0.340 e. The predicted octanol–water partition coefficient (Wildman–Crippen LogP) is 1.91. The Balaban J connectivity index is 1.68. The molecular formula is C18H25N3O2. The second kappa shape index (κ2) is 6.71. The molecule has 5 heteroatoms. The smallest absolute Gasteiger partial charge is 0.230 e. The van der Waals surface area contributed by atoms with Gasteiger partial charge in [0, 0.05) is 44.8 Å². The second-order valence-electron chi connectivity index (χ2n) is 6.91. The van der Waals surface area contributed by atoms with E-state index in [0.29, 0.717) is 5.92 Å². The van der Waals surface area contributed by atoms with Crippen LogP contribution < -0.4 is 5.32 Å². The summed E-state index contributed by atoms with van der Waals surface area (Å²) in [5.41, 5.74) is 1.72. The van der Waals surface area contributed by atoms with E-state index in [1.165, 1.54) is 0 Å². The lowest BCUT2D eigenvalue weighted by Crippen LogP contribution is -2.51. The van der Waals surface area contributed by atoms with E-state index in [1.54, 1.807) is 0 Å². The monoisotopic (exact) mass is 315 g/mol. The Morgan fingerprint density at radius 1 is 1.22 bits per heavy atom. The molecule has 1 N–H and O–H groups in total. The summed E-state index contributed by atoms with van der Waals surface area (Å²) in [6.45, 7) is 8.87. The van der Waals surface area contributed by atoms with Crippen LogP contribution in [0.1, 0.15) is 31.7 Å². The van der Waals surface area contributed by atoms with Gasteiger partial charge in [-0.25, -0.2) is 0 Å². The SMILES string of the molecule is CC(C)CN1CCN(C(=O)C2CC(=O)Nc3ccccc32)CC1. The highest BCUT2D eigenvalue weighted by Gasteiger charge is 2.34. The summed E-state index contributed by atoms with van der Waals surface area (Å²) in [6, 6.07) is 7.63. The number of para-hydroxylation sites is 1. The van der Waals surface area contributed by atoms with Crippen LogP contribution in [0, 0.1) is 5.92 Å². The Morgan fingerprint density at radius 2 is 1.91 bits per heavy atom. The first-order chi connectivity index (χ1) is 11.0. The zero-order valence-corrected chi connectivity index (χ0v) is 13.9. The maximum absolute atomic E-state index is 12.9. The van der Waals surface area contributed by atoms with Gasteiger partial charge in [-0.1, -0.05) is 32.0 Å². The number of carbonyl (C=O) groups excluding carboxylic acids is 2. The van der Waals surface area contributed by atoms with Gasteiger partial charge in [0.25, 0.3) is 0 Å². The van der Waals surface area contributed by atoms with Crippen LogP contribution in [0.5, 0.6) is 0 Å². The third kappa shape index (κ3) is 3.55. The number of carbonyl (C=O) groups is 2. The second-order valence-corrected chi connectivity index (χ2v) is 6.91. The minimum atomic E-state index is -0.336. The van der Waals surface area contributed by atoms with Gasteiger partial charge < -0.3 is 10.2 Å². The molecule has 1 saturated heterocycles. The number of piperazine rings is 1. The Hall–Kier alpha value is -1.88. The molecule has 3 rings (SSSR count). The maximum Gasteiger partial charge on any atom is 0.230 e. The van der Waals surface area contributed by atoms with Gasteiger partial charge >= 0.3 is 0 Å². The molecule has 2 aliphatic heterocycles. The fraction of sp³-hybridized carbons (Fsp3) is 0.556. The number of hydrogen-bond donors (Lipinski definition) is 1. The van der Waals surface area contributed by atoms with Gasteiger partial charge in [0.2, 0.25) is 11.8 Å². The van der Waals surface area contributed by atoms with Gasteiger partial charge in [-0.2, -0.15) is 0 Å². The normalized spacial score (nSPS) is 22.0. The van der Waals surface area contributed by atoms with Crippen LogP contribution in [-0.2, 0) is 9.59 Å². The van der Waals surface area contributed by atoms with Crippen LogP contribution in [0.2, 0.25) is 0 Å². The van der Waals surface area contributed by atoms with E-state index < -0.39 is 0 Å². The van der Waals surface area contributed by atoms with Gasteiger partial charge in [-0.05, 0) is 17.5 Å². The van der Waals surface area contributed by atoms with Crippen molar-refractivity contribution in [3.8, 4) is 0 Å². The van der Waals surface area contributed by atoms with E-state index in [-0.39, 0.29) is 24.2 Å². The number of rotatable bonds is 3. The van der Waals surface area contributed by atoms with Crippen molar-refractivity contribution in [1.29, 1.82) is 0 Å². The fourth-order valence-electron chi connectivity index (χ4n) is 3.52. The standard InChI is InChI=1S/C18H25N3O2/c1-13(2)12-20-7-9-21(10-8-20)18(23)15-11-17(22)19-16-6-4-3-5-14(15)16/h3-6,13,15H,7-12H2,1-2H3,(H,19,22). The number of anilines is 1. The number of benzene rings is 1. The van der Waals surface area contributed by atoms with E-state index in [4.69, 9.17) is 0 Å². The molecular weight excluding hydrogens is 290 g/mol. The van der Waals surface area contributed by atoms with Crippen molar-refractivity contribution in [2.45, 2.75) is 26.2 Å². The Labute approximate surface area is 137 Å². The molecule has 1 unspecified atom stereocenters. The van der Waals surface area contributed by atoms with Crippen molar-refractivity contribution in [2.75, 3.05) is 38.0 Å². The molecule has 2 amide bonds. The van der Waals surface area contributed by atoms with Crippen molar-refractivity contribution in [1.82, 2.24) is 9.80 Å². The van der Waals surface area contributed by atoms with Crippen LogP contribution in [-0.4, -0.2) is 54.3 Å². The molecule has 1 aromatic rings. The molecule has 1 fully saturated rings. The van der Waals surface area contributed by atoms with Crippen molar-refractivity contribution in [2.24, 2.45) is 5.92 Å². The Bertz CT molecular complexity index is 592. The lowest BCUT2D eigenvalue weighted by Gasteiger charge is -2.38. The van der Waals surface area contributed by atoms with Gasteiger partial charge in [0.15, 0.2) is 0 Å². The first-order valence-corrected chi connectivity index (χ1v) is 8.44. The topological polar surface area (TPSA) is 52.7 Å². The third-order valence-corrected chi connectivity index (χ3v) is 4.61. The summed E-state index contributed by atoms with van der Waals surface area (Å²) < 4.78 is 0. The first-order valence-electron chi connectivity index (χ1n) is 8.44. The number of nitrogens with zero attached hydrogens (tertiary/aromatic N) is 2. The predicted molar refractivity (Wildman–Crippen MR) is 90.3 cm³/mol. The summed E-state index contributed by atoms with van der Waals surface area (Å²) in [4.78, 5) is 29.2. The van der Waals surface area contributed by atoms with Crippen LogP contribution in [0.4, 0.5) is 5.69 Å². The highest BCUT2D eigenvalue weighted by atomic mass is 16.2. The van der Waals surface area contributed by atoms with Crippen molar-refractivity contribution < 1.29 is 9.59 Å². The molecule has 5 nitrogen and oxygen atoms in total. The van der Waals surface area contributed by atoms with Gasteiger partial charge in [-0.3, -0.25) is 14.5 Å². The fourth-order valence-corrected chi connectivity index (χ4v) is 3.52. The summed E-state index contributed by atoms with van der Waals surface area (Å²) >= 11 is 0. The van der Waals surface area contributed by atoms with Crippen LogP contribution >= 0.6 is 0 Å². The van der Waals surface area contributed by atoms with Gasteiger partial charge in [-0.15, -0.1) is 0 Å². The van der Waals surface area contributed by atoms with Crippen molar-refractivity contribution in [3.63, 3.8) is 0 Å². The summed E-state index contributed by atoms with van der Waals surface area (Å²) in [5.74, 6) is 0.333. The average Bonchev–Trinajstić information content (AvgIpc) is 2.53. The largest absolute Gasteiger partial charge is 0.340 e. The minimum absolute atomic E-state index is 0.0690. The molecule has 0 spiro atoms. The summed E-state index contributed by atoms with van der Waals surface area (Å²) in [5, 5.41) is 2.86. The summed E-state index contributed by atoms with van der Waals surface area (Å²) in [7, 11) is 0. The van der Waals surface area contributed by atoms with Gasteiger partial charge in [0.1, 0.15) is 0 Å². The molecule has 0 saturated carbocycles. The molecule has 1 aromatic carbocycles. The molecule has 0 bridgehead atoms. The summed E-state index contributed by atoms with van der Waals surface area (Å²) in [6.07, 6.45) is 0.252. The number of nitrogens with one attached hydrogen (secondary N) is 1. The maximum atomic E-state index is 12.9. The molecule has 23 heavy (non-hydrogen) atoms. The lowest BCUT2D eigenvalue weighted by atomic mass is 9.89. The molecule has 0 aliphatic carbocycles. The van der Waals surface area contributed by atoms with E-state index in [9.17, 15) is 9.59 Å². The molecule has 0 aromatic heterocycles. The molecule has 2 heterocycles. The Morgan fingerprint density at radius 3 is 2.61 bits per heavy atom. The highest BCUT2D eigenvalue weighted by Crippen LogP contribution is 2.33. The zero-order chi connectivity index (χ0) is 16.4. The molecule has 2 aliphatic rings. The molecule has 1 atom stereocenters. The lowest BCUT2D eigenvalue weighted by molar-refractivity contribution is -0.136. The average molecular weight is 315 g/mol.